The number of carbonyl (C=O) groups is 2. The van der Waals surface area contributed by atoms with E-state index in [1.807, 2.05) is 24.3 Å². The quantitative estimate of drug-likeness (QED) is 0.771. The first kappa shape index (κ1) is 18.0. The van der Waals surface area contributed by atoms with E-state index < -0.39 is 21.8 Å². The maximum absolute atomic E-state index is 13.0. The van der Waals surface area contributed by atoms with Crippen LogP contribution in [0.4, 0.5) is 11.4 Å². The third kappa shape index (κ3) is 2.91. The highest BCUT2D eigenvalue weighted by molar-refractivity contribution is 7.94. The number of benzene rings is 2. The van der Waals surface area contributed by atoms with Crippen LogP contribution in [0.1, 0.15) is 22.8 Å². The molecule has 0 N–H and O–H groups in total. The summed E-state index contributed by atoms with van der Waals surface area (Å²) >= 11 is 6.18. The van der Waals surface area contributed by atoms with Crippen LogP contribution in [0.2, 0.25) is 5.02 Å². The van der Waals surface area contributed by atoms with Crippen LogP contribution in [0.25, 0.3) is 0 Å². The highest BCUT2D eigenvalue weighted by Gasteiger charge is 2.43. The van der Waals surface area contributed by atoms with Crippen LogP contribution in [-0.4, -0.2) is 32.5 Å². The van der Waals surface area contributed by atoms with Gasteiger partial charge >= 0.3 is 0 Å². The highest BCUT2D eigenvalue weighted by Crippen LogP contribution is 2.36. The number of amides is 2. The van der Waals surface area contributed by atoms with E-state index in [1.54, 1.807) is 17.9 Å². The Morgan fingerprint density at radius 3 is 2.59 bits per heavy atom. The molecule has 1 saturated heterocycles. The summed E-state index contributed by atoms with van der Waals surface area (Å²) in [4.78, 5) is 27.1. The lowest BCUT2D eigenvalue weighted by molar-refractivity contribution is -0.119. The molecule has 4 rings (SSSR count). The number of rotatable bonds is 2. The molecule has 2 aromatic carbocycles. The van der Waals surface area contributed by atoms with Gasteiger partial charge in [-0.1, -0.05) is 36.7 Å². The van der Waals surface area contributed by atoms with E-state index in [0.717, 1.165) is 22.0 Å². The minimum absolute atomic E-state index is 0.0318. The van der Waals surface area contributed by atoms with Crippen molar-refractivity contribution < 1.29 is 18.0 Å². The van der Waals surface area contributed by atoms with Gasteiger partial charge in [-0.3, -0.25) is 9.59 Å². The average Bonchev–Trinajstić information content (AvgIpc) is 3.14. The molecule has 2 aromatic rings. The summed E-state index contributed by atoms with van der Waals surface area (Å²) in [5.74, 6) is -1.70. The van der Waals surface area contributed by atoms with E-state index in [-0.39, 0.29) is 27.9 Å². The number of carbonyl (C=O) groups excluding carboxylic acids is 2. The van der Waals surface area contributed by atoms with Gasteiger partial charge in [-0.2, -0.15) is 0 Å². The van der Waals surface area contributed by atoms with Crippen molar-refractivity contribution in [3.8, 4) is 0 Å². The molecule has 0 spiro atoms. The van der Waals surface area contributed by atoms with E-state index in [9.17, 15) is 18.0 Å². The Morgan fingerprint density at radius 1 is 1.15 bits per heavy atom. The molecule has 2 aliphatic rings. The van der Waals surface area contributed by atoms with Gasteiger partial charge in [0.15, 0.2) is 0 Å². The lowest BCUT2D eigenvalue weighted by atomic mass is 10.1. The first-order valence-corrected chi connectivity index (χ1v) is 10.5. The molecular formula is C19H17ClN2O4S. The molecule has 0 aliphatic carbocycles. The number of anilines is 2. The second kappa shape index (κ2) is 6.35. The standard InChI is InChI=1S/C19H17ClN2O4S/c1-12-11-27(25,26)22(18(12)23)17-10-14(6-7-15(17)20)19(24)21-9-8-13-4-2-3-5-16(13)21/h2-7,10,12H,8-9,11H2,1H3. The van der Waals surface area contributed by atoms with E-state index in [4.69, 9.17) is 11.6 Å². The Hall–Kier alpha value is -2.38. The summed E-state index contributed by atoms with van der Waals surface area (Å²) in [6.45, 7) is 2.11. The molecule has 2 amide bonds. The number of hydrogen-bond acceptors (Lipinski definition) is 4. The van der Waals surface area contributed by atoms with Crippen LogP contribution >= 0.6 is 11.6 Å². The van der Waals surface area contributed by atoms with E-state index >= 15 is 0 Å². The van der Waals surface area contributed by atoms with Gasteiger partial charge in [-0.15, -0.1) is 0 Å². The van der Waals surface area contributed by atoms with E-state index in [2.05, 4.69) is 0 Å². The maximum Gasteiger partial charge on any atom is 0.258 e. The molecule has 2 heterocycles. The predicted molar refractivity (Wildman–Crippen MR) is 104 cm³/mol. The predicted octanol–water partition coefficient (Wildman–Crippen LogP) is 2.86. The van der Waals surface area contributed by atoms with Crippen molar-refractivity contribution in [2.45, 2.75) is 13.3 Å². The maximum atomic E-state index is 13.0. The molecule has 1 fully saturated rings. The van der Waals surface area contributed by atoms with Gasteiger partial charge < -0.3 is 4.90 Å². The summed E-state index contributed by atoms with van der Waals surface area (Å²) in [6, 6.07) is 12.1. The summed E-state index contributed by atoms with van der Waals surface area (Å²) in [5.41, 5.74) is 2.25. The van der Waals surface area contributed by atoms with Crippen LogP contribution in [0.3, 0.4) is 0 Å². The molecule has 1 atom stereocenters. The molecular weight excluding hydrogens is 388 g/mol. The Kier molecular flexibility index (Phi) is 4.24. The summed E-state index contributed by atoms with van der Waals surface area (Å²) in [7, 11) is -3.80. The fraction of sp³-hybridized carbons (Fsp3) is 0.263. The SMILES string of the molecule is CC1CS(=O)(=O)N(c2cc(C(=O)N3CCc4ccccc43)ccc2Cl)C1=O. The van der Waals surface area contributed by atoms with Gasteiger partial charge in [0, 0.05) is 17.8 Å². The zero-order chi connectivity index (χ0) is 19.3. The number of fused-ring (bicyclic) bond motifs is 1. The molecule has 2 aliphatic heterocycles. The van der Waals surface area contributed by atoms with Crippen molar-refractivity contribution >= 4 is 44.8 Å². The summed E-state index contributed by atoms with van der Waals surface area (Å²) in [6.07, 6.45) is 0.763. The lowest BCUT2D eigenvalue weighted by Crippen LogP contribution is -2.32. The fourth-order valence-corrected chi connectivity index (χ4v) is 5.65. The minimum Gasteiger partial charge on any atom is -0.308 e. The first-order chi connectivity index (χ1) is 12.8. The van der Waals surface area contributed by atoms with Gasteiger partial charge in [-0.25, -0.2) is 12.7 Å². The Bertz CT molecular complexity index is 1070. The lowest BCUT2D eigenvalue weighted by Gasteiger charge is -2.20. The second-order valence-corrected chi connectivity index (χ2v) is 9.05. The van der Waals surface area contributed by atoms with Crippen LogP contribution in [0, 0.1) is 5.92 Å². The molecule has 6 nitrogen and oxygen atoms in total. The summed E-state index contributed by atoms with van der Waals surface area (Å²) < 4.78 is 25.5. The number of sulfonamides is 1. The molecule has 140 valence electrons. The van der Waals surface area contributed by atoms with Crippen molar-refractivity contribution in [3.63, 3.8) is 0 Å². The van der Waals surface area contributed by atoms with Crippen LogP contribution < -0.4 is 9.21 Å². The van der Waals surface area contributed by atoms with Crippen molar-refractivity contribution in [2.24, 2.45) is 5.92 Å². The summed E-state index contributed by atoms with van der Waals surface area (Å²) in [5, 5.41) is 0.111. The Balaban J connectivity index is 1.74. The average molecular weight is 405 g/mol. The van der Waals surface area contributed by atoms with Crippen molar-refractivity contribution in [1.82, 2.24) is 0 Å². The Morgan fingerprint density at radius 2 is 1.89 bits per heavy atom. The minimum atomic E-state index is -3.80. The van der Waals surface area contributed by atoms with Gasteiger partial charge in [0.05, 0.1) is 22.4 Å². The van der Waals surface area contributed by atoms with Crippen LogP contribution in [0.15, 0.2) is 42.5 Å². The molecule has 0 bridgehead atoms. The van der Waals surface area contributed by atoms with Gasteiger partial charge in [0.2, 0.25) is 15.9 Å². The van der Waals surface area contributed by atoms with Crippen molar-refractivity contribution in [3.05, 3.63) is 58.6 Å². The second-order valence-electron chi connectivity index (χ2n) is 6.78. The van der Waals surface area contributed by atoms with Gasteiger partial charge in [0.1, 0.15) is 0 Å². The molecule has 0 saturated carbocycles. The van der Waals surface area contributed by atoms with Gasteiger partial charge in [0.25, 0.3) is 5.91 Å². The monoisotopic (exact) mass is 404 g/mol. The molecule has 0 aromatic heterocycles. The van der Waals surface area contributed by atoms with E-state index in [0.29, 0.717) is 6.54 Å². The number of para-hydroxylation sites is 1. The normalized spacial score (nSPS) is 20.8. The zero-order valence-corrected chi connectivity index (χ0v) is 16.1. The molecule has 27 heavy (non-hydrogen) atoms. The van der Waals surface area contributed by atoms with Crippen LogP contribution in [0.5, 0.6) is 0 Å². The van der Waals surface area contributed by atoms with Gasteiger partial charge in [-0.05, 0) is 36.2 Å². The Labute approximate surface area is 162 Å². The third-order valence-electron chi connectivity index (χ3n) is 4.90. The van der Waals surface area contributed by atoms with E-state index in [1.165, 1.54) is 12.1 Å². The topological polar surface area (TPSA) is 74.8 Å². The number of halogens is 1. The number of nitrogens with zero attached hydrogens (tertiary/aromatic N) is 2. The molecule has 1 unspecified atom stereocenters. The highest BCUT2D eigenvalue weighted by atomic mass is 35.5. The molecule has 8 heteroatoms. The third-order valence-corrected chi connectivity index (χ3v) is 7.08. The van der Waals surface area contributed by atoms with Crippen molar-refractivity contribution in [1.29, 1.82) is 0 Å². The fourth-order valence-electron chi connectivity index (χ4n) is 3.57. The smallest absolute Gasteiger partial charge is 0.258 e. The van der Waals surface area contributed by atoms with Crippen molar-refractivity contribution in [2.75, 3.05) is 21.5 Å². The molecule has 0 radical (unpaired) electrons. The zero-order valence-electron chi connectivity index (χ0n) is 14.6. The largest absolute Gasteiger partial charge is 0.308 e. The first-order valence-electron chi connectivity index (χ1n) is 8.56. The number of hydrogen-bond donors (Lipinski definition) is 0. The van der Waals surface area contributed by atoms with Crippen LogP contribution in [-0.2, 0) is 21.2 Å².